The largest absolute Gasteiger partial charge is 0.340 e. The molecular formula is C21H26ClN5O2S. The number of fused-ring (bicyclic) bond motifs is 1. The molecule has 2 aliphatic heterocycles. The molecule has 9 heteroatoms. The minimum absolute atomic E-state index is 0.00231. The van der Waals surface area contributed by atoms with Gasteiger partial charge in [-0.05, 0) is 25.5 Å². The minimum atomic E-state index is -0.00908. The van der Waals surface area contributed by atoms with Crippen LogP contribution in [0.25, 0.3) is 0 Å². The van der Waals surface area contributed by atoms with E-state index in [1.807, 2.05) is 43.1 Å². The van der Waals surface area contributed by atoms with Gasteiger partial charge in [0.05, 0.1) is 17.1 Å². The van der Waals surface area contributed by atoms with Gasteiger partial charge in [-0.25, -0.2) is 0 Å². The molecule has 0 spiro atoms. The van der Waals surface area contributed by atoms with E-state index in [-0.39, 0.29) is 18.4 Å². The lowest BCUT2D eigenvalue weighted by Gasteiger charge is -2.30. The number of anilines is 1. The summed E-state index contributed by atoms with van der Waals surface area (Å²) in [6.45, 7) is 5.83. The second-order valence-corrected chi connectivity index (χ2v) is 9.10. The van der Waals surface area contributed by atoms with E-state index in [0.717, 1.165) is 47.9 Å². The van der Waals surface area contributed by atoms with Gasteiger partial charge in [-0.2, -0.15) is 5.10 Å². The molecule has 2 aliphatic rings. The smallest absolute Gasteiger partial charge is 0.242 e. The Morgan fingerprint density at radius 2 is 2.00 bits per heavy atom. The molecule has 1 saturated heterocycles. The molecule has 0 bridgehead atoms. The van der Waals surface area contributed by atoms with Crippen molar-refractivity contribution in [2.24, 2.45) is 7.05 Å². The number of hydrogen-bond acceptors (Lipinski definition) is 5. The van der Waals surface area contributed by atoms with Crippen molar-refractivity contribution in [1.82, 2.24) is 19.6 Å². The SMILES string of the molecule is Cc1nn(C)c(Cl)c1CN1CCCN(C(=O)CN2C(=O)CSc3ccccc32)CC1. The van der Waals surface area contributed by atoms with Gasteiger partial charge in [-0.1, -0.05) is 23.7 Å². The fourth-order valence-electron chi connectivity index (χ4n) is 4.02. The lowest BCUT2D eigenvalue weighted by molar-refractivity contribution is -0.131. The average molecular weight is 448 g/mol. The third-order valence-corrected chi connectivity index (χ3v) is 7.21. The number of benzene rings is 1. The fraction of sp³-hybridized carbons (Fsp3) is 0.476. The number of rotatable bonds is 4. The van der Waals surface area contributed by atoms with Crippen LogP contribution in [0.2, 0.25) is 5.15 Å². The first-order valence-electron chi connectivity index (χ1n) is 10.1. The molecule has 0 unspecified atom stereocenters. The molecule has 0 N–H and O–H groups in total. The Morgan fingerprint density at radius 3 is 2.77 bits per heavy atom. The highest BCUT2D eigenvalue weighted by atomic mass is 35.5. The maximum absolute atomic E-state index is 13.0. The van der Waals surface area contributed by atoms with Crippen molar-refractivity contribution in [3.8, 4) is 0 Å². The van der Waals surface area contributed by atoms with Crippen LogP contribution in [0.5, 0.6) is 0 Å². The molecule has 3 heterocycles. The first-order chi connectivity index (χ1) is 14.4. The predicted molar refractivity (Wildman–Crippen MR) is 119 cm³/mol. The zero-order valence-electron chi connectivity index (χ0n) is 17.3. The third-order valence-electron chi connectivity index (χ3n) is 5.69. The van der Waals surface area contributed by atoms with E-state index in [9.17, 15) is 9.59 Å². The van der Waals surface area contributed by atoms with Crippen molar-refractivity contribution in [1.29, 1.82) is 0 Å². The normalized spacial score (nSPS) is 17.8. The number of aryl methyl sites for hydroxylation is 2. The second kappa shape index (κ2) is 8.99. The summed E-state index contributed by atoms with van der Waals surface area (Å²) in [6, 6.07) is 7.78. The quantitative estimate of drug-likeness (QED) is 0.720. The van der Waals surface area contributed by atoms with Gasteiger partial charge >= 0.3 is 0 Å². The van der Waals surface area contributed by atoms with Gasteiger partial charge in [0.1, 0.15) is 11.7 Å². The molecule has 0 atom stereocenters. The first-order valence-corrected chi connectivity index (χ1v) is 11.5. The highest BCUT2D eigenvalue weighted by molar-refractivity contribution is 8.00. The summed E-state index contributed by atoms with van der Waals surface area (Å²) in [6.07, 6.45) is 0.892. The third kappa shape index (κ3) is 4.36. The zero-order chi connectivity index (χ0) is 21.3. The van der Waals surface area contributed by atoms with Gasteiger partial charge < -0.3 is 9.80 Å². The molecule has 1 aromatic heterocycles. The van der Waals surface area contributed by atoms with Crippen LogP contribution in [0.4, 0.5) is 5.69 Å². The molecule has 0 radical (unpaired) electrons. The molecular weight excluding hydrogens is 422 g/mol. The monoisotopic (exact) mass is 447 g/mol. The minimum Gasteiger partial charge on any atom is -0.340 e. The van der Waals surface area contributed by atoms with E-state index in [0.29, 0.717) is 24.0 Å². The molecule has 2 aromatic rings. The Kier molecular flexibility index (Phi) is 6.36. The van der Waals surface area contributed by atoms with Gasteiger partial charge in [0.2, 0.25) is 11.8 Å². The van der Waals surface area contributed by atoms with Crippen molar-refractivity contribution in [2.75, 3.05) is 43.4 Å². The van der Waals surface area contributed by atoms with E-state index in [2.05, 4.69) is 10.00 Å². The number of amides is 2. The molecule has 0 aliphatic carbocycles. The van der Waals surface area contributed by atoms with Crippen LogP contribution in [0.1, 0.15) is 17.7 Å². The Balaban J connectivity index is 1.39. The summed E-state index contributed by atoms with van der Waals surface area (Å²) >= 11 is 7.92. The number of carbonyl (C=O) groups is 2. The van der Waals surface area contributed by atoms with E-state index in [1.165, 1.54) is 11.8 Å². The van der Waals surface area contributed by atoms with Crippen molar-refractivity contribution in [3.05, 3.63) is 40.7 Å². The Labute approximate surface area is 185 Å². The van der Waals surface area contributed by atoms with Crippen LogP contribution < -0.4 is 4.90 Å². The molecule has 1 aromatic carbocycles. The molecule has 160 valence electrons. The average Bonchev–Trinajstić information content (AvgIpc) is 2.91. The fourth-order valence-corrected chi connectivity index (χ4v) is 5.19. The summed E-state index contributed by atoms with van der Waals surface area (Å²) in [5.41, 5.74) is 2.83. The zero-order valence-corrected chi connectivity index (χ0v) is 18.9. The molecule has 2 amide bonds. The Hall–Kier alpha value is -2.03. The first kappa shape index (κ1) is 21.2. The van der Waals surface area contributed by atoms with E-state index in [4.69, 9.17) is 11.6 Å². The van der Waals surface area contributed by atoms with Gasteiger partial charge in [-0.3, -0.25) is 19.2 Å². The van der Waals surface area contributed by atoms with Gasteiger partial charge in [0.15, 0.2) is 0 Å². The van der Waals surface area contributed by atoms with Crippen LogP contribution in [0, 0.1) is 6.92 Å². The number of para-hydroxylation sites is 1. The van der Waals surface area contributed by atoms with Gasteiger partial charge in [0.25, 0.3) is 0 Å². The van der Waals surface area contributed by atoms with Crippen molar-refractivity contribution in [3.63, 3.8) is 0 Å². The van der Waals surface area contributed by atoms with Crippen LogP contribution in [-0.4, -0.2) is 69.9 Å². The number of thioether (sulfide) groups is 1. The van der Waals surface area contributed by atoms with E-state index < -0.39 is 0 Å². The summed E-state index contributed by atoms with van der Waals surface area (Å²) in [4.78, 5) is 32.4. The predicted octanol–water partition coefficient (Wildman–Crippen LogP) is 2.56. The van der Waals surface area contributed by atoms with Crippen molar-refractivity contribution >= 4 is 40.9 Å². The number of hydrogen-bond donors (Lipinski definition) is 0. The van der Waals surface area contributed by atoms with Gasteiger partial charge in [-0.15, -0.1) is 11.8 Å². The van der Waals surface area contributed by atoms with Gasteiger partial charge in [0, 0.05) is 50.2 Å². The molecule has 0 saturated carbocycles. The highest BCUT2D eigenvalue weighted by Gasteiger charge is 2.29. The van der Waals surface area contributed by atoms with E-state index >= 15 is 0 Å². The number of halogens is 1. The lowest BCUT2D eigenvalue weighted by atomic mass is 10.2. The summed E-state index contributed by atoms with van der Waals surface area (Å²) in [5.74, 6) is 0.371. The van der Waals surface area contributed by atoms with Crippen LogP contribution in [-0.2, 0) is 23.2 Å². The molecule has 1 fully saturated rings. The second-order valence-electron chi connectivity index (χ2n) is 7.73. The Bertz CT molecular complexity index is 963. The molecule has 30 heavy (non-hydrogen) atoms. The Morgan fingerprint density at radius 1 is 1.20 bits per heavy atom. The van der Waals surface area contributed by atoms with E-state index in [1.54, 1.807) is 9.58 Å². The standard InChI is InChI=1S/C21H26ClN5O2S/c1-15-16(21(22)24(2)23-15)12-25-8-5-9-26(11-10-25)19(28)13-27-17-6-3-4-7-18(17)30-14-20(27)29/h3-4,6-7H,5,8-14H2,1-2H3. The van der Waals surface area contributed by atoms with Crippen LogP contribution in [0.15, 0.2) is 29.2 Å². The number of nitrogens with zero attached hydrogens (tertiary/aromatic N) is 5. The highest BCUT2D eigenvalue weighted by Crippen LogP contribution is 2.34. The maximum Gasteiger partial charge on any atom is 0.242 e. The summed E-state index contributed by atoms with van der Waals surface area (Å²) < 4.78 is 1.70. The van der Waals surface area contributed by atoms with Crippen molar-refractivity contribution in [2.45, 2.75) is 24.8 Å². The lowest BCUT2D eigenvalue weighted by Crippen LogP contribution is -2.46. The molecule has 7 nitrogen and oxygen atoms in total. The molecule has 4 rings (SSSR count). The summed E-state index contributed by atoms with van der Waals surface area (Å²) in [5, 5.41) is 5.06. The van der Waals surface area contributed by atoms with Crippen molar-refractivity contribution < 1.29 is 9.59 Å². The maximum atomic E-state index is 13.0. The number of carbonyl (C=O) groups excluding carboxylic acids is 2. The van der Waals surface area contributed by atoms with Crippen LogP contribution in [0.3, 0.4) is 0 Å². The summed E-state index contributed by atoms with van der Waals surface area (Å²) in [7, 11) is 1.85. The topological polar surface area (TPSA) is 61.7 Å². The van der Waals surface area contributed by atoms with Crippen LogP contribution >= 0.6 is 23.4 Å². The number of aromatic nitrogens is 2.